The molecule has 4 aromatic rings. The maximum Gasteiger partial charge on any atom is 0.230 e. The fraction of sp³-hybridized carbons (Fsp3) is 0.231. The smallest absolute Gasteiger partial charge is 0.230 e. The molecule has 0 bridgehead atoms. The first kappa shape index (κ1) is 23.6. The molecule has 36 heavy (non-hydrogen) atoms. The van der Waals surface area contributed by atoms with Gasteiger partial charge in [0.2, 0.25) is 16.9 Å². The van der Waals surface area contributed by atoms with E-state index in [0.29, 0.717) is 28.9 Å². The van der Waals surface area contributed by atoms with Crippen LogP contribution in [0.2, 0.25) is 0 Å². The summed E-state index contributed by atoms with van der Waals surface area (Å²) in [7, 11) is 3.21. The van der Waals surface area contributed by atoms with Gasteiger partial charge in [-0.15, -0.1) is 11.3 Å². The standard InChI is InChI=1S/C26H25N5O4S/c1-16-11-23(31(29-16)26-27-22(15-36-26)17-7-9-20(34-2)10-8-17)28-25(33)18-12-24(32)30(14-18)19-5-4-6-21(13-19)35-3/h4-11,13,15,18H,12,14H2,1-3H3,(H,28,33). The normalized spacial score (nSPS) is 15.2. The summed E-state index contributed by atoms with van der Waals surface area (Å²) in [5.74, 6) is 1.13. The molecule has 0 radical (unpaired) electrons. The van der Waals surface area contributed by atoms with Crippen molar-refractivity contribution in [3.05, 3.63) is 65.7 Å². The summed E-state index contributed by atoms with van der Waals surface area (Å²) in [6.45, 7) is 2.15. The molecule has 1 fully saturated rings. The summed E-state index contributed by atoms with van der Waals surface area (Å²) in [6, 6.07) is 16.7. The van der Waals surface area contributed by atoms with Gasteiger partial charge in [-0.05, 0) is 43.3 Å². The monoisotopic (exact) mass is 503 g/mol. The predicted molar refractivity (Wildman–Crippen MR) is 138 cm³/mol. The zero-order chi connectivity index (χ0) is 25.2. The van der Waals surface area contributed by atoms with Gasteiger partial charge in [-0.3, -0.25) is 9.59 Å². The van der Waals surface area contributed by atoms with Gasteiger partial charge < -0.3 is 19.7 Å². The zero-order valence-electron chi connectivity index (χ0n) is 20.1. The molecule has 2 aromatic heterocycles. The number of nitrogens with zero attached hydrogens (tertiary/aromatic N) is 4. The summed E-state index contributed by atoms with van der Waals surface area (Å²) >= 11 is 1.43. The van der Waals surface area contributed by atoms with Crippen LogP contribution in [0.4, 0.5) is 11.5 Å². The number of methoxy groups -OCH3 is 2. The molecule has 5 rings (SSSR count). The number of aromatic nitrogens is 3. The second-order valence-electron chi connectivity index (χ2n) is 8.42. The third kappa shape index (κ3) is 4.67. The summed E-state index contributed by atoms with van der Waals surface area (Å²) in [4.78, 5) is 32.2. The largest absolute Gasteiger partial charge is 0.497 e. The van der Waals surface area contributed by atoms with E-state index in [-0.39, 0.29) is 18.2 Å². The first-order valence-corrected chi connectivity index (χ1v) is 12.3. The average molecular weight is 504 g/mol. The Balaban J connectivity index is 1.32. The van der Waals surface area contributed by atoms with Crippen LogP contribution in [0.5, 0.6) is 11.5 Å². The van der Waals surface area contributed by atoms with Crippen molar-refractivity contribution in [2.75, 3.05) is 31.0 Å². The van der Waals surface area contributed by atoms with Crippen LogP contribution in [0.15, 0.2) is 60.0 Å². The van der Waals surface area contributed by atoms with E-state index in [1.807, 2.05) is 54.8 Å². The lowest BCUT2D eigenvalue weighted by Gasteiger charge is -2.17. The number of aryl methyl sites for hydroxylation is 1. The Kier molecular flexibility index (Phi) is 6.43. The van der Waals surface area contributed by atoms with Crippen LogP contribution in [0.25, 0.3) is 16.4 Å². The highest BCUT2D eigenvalue weighted by Crippen LogP contribution is 2.30. The van der Waals surface area contributed by atoms with Crippen molar-refractivity contribution in [3.8, 4) is 27.9 Å². The Morgan fingerprint density at radius 3 is 2.61 bits per heavy atom. The highest BCUT2D eigenvalue weighted by Gasteiger charge is 2.35. The van der Waals surface area contributed by atoms with E-state index in [1.54, 1.807) is 35.9 Å². The molecule has 1 saturated heterocycles. The van der Waals surface area contributed by atoms with E-state index in [9.17, 15) is 9.59 Å². The highest BCUT2D eigenvalue weighted by molar-refractivity contribution is 7.12. The molecule has 0 spiro atoms. The lowest BCUT2D eigenvalue weighted by atomic mass is 10.1. The molecule has 2 aromatic carbocycles. The van der Waals surface area contributed by atoms with E-state index in [2.05, 4.69) is 10.4 Å². The fourth-order valence-electron chi connectivity index (χ4n) is 4.13. The summed E-state index contributed by atoms with van der Waals surface area (Å²) in [6.07, 6.45) is 0.134. The van der Waals surface area contributed by atoms with E-state index in [4.69, 9.17) is 14.5 Å². The molecule has 10 heteroatoms. The third-order valence-electron chi connectivity index (χ3n) is 6.00. The third-order valence-corrected chi connectivity index (χ3v) is 6.82. The van der Waals surface area contributed by atoms with Crippen molar-refractivity contribution in [1.82, 2.24) is 14.8 Å². The maximum atomic E-state index is 13.2. The number of hydrogen-bond acceptors (Lipinski definition) is 7. The Morgan fingerprint density at radius 2 is 1.86 bits per heavy atom. The minimum Gasteiger partial charge on any atom is -0.497 e. The first-order chi connectivity index (χ1) is 17.4. The Bertz CT molecular complexity index is 1410. The van der Waals surface area contributed by atoms with Crippen molar-refractivity contribution in [2.45, 2.75) is 13.3 Å². The van der Waals surface area contributed by atoms with Gasteiger partial charge in [-0.1, -0.05) is 6.07 Å². The number of rotatable bonds is 7. The molecule has 0 saturated carbocycles. The lowest BCUT2D eigenvalue weighted by molar-refractivity contribution is -0.122. The quantitative estimate of drug-likeness (QED) is 0.404. The van der Waals surface area contributed by atoms with Gasteiger partial charge >= 0.3 is 0 Å². The van der Waals surface area contributed by atoms with Gasteiger partial charge in [0.25, 0.3) is 0 Å². The van der Waals surface area contributed by atoms with E-state index in [1.165, 1.54) is 11.3 Å². The maximum absolute atomic E-state index is 13.2. The lowest BCUT2D eigenvalue weighted by Crippen LogP contribution is -2.28. The summed E-state index contributed by atoms with van der Waals surface area (Å²) in [5, 5.41) is 10.1. The molecule has 184 valence electrons. The topological polar surface area (TPSA) is 98.6 Å². The SMILES string of the molecule is COc1ccc(-c2csc(-n3nc(C)cc3NC(=O)C3CC(=O)N(c4cccc(OC)c4)C3)n2)cc1. The molecule has 1 unspecified atom stereocenters. The summed E-state index contributed by atoms with van der Waals surface area (Å²) < 4.78 is 12.1. The van der Waals surface area contributed by atoms with Crippen LogP contribution >= 0.6 is 11.3 Å². The fourth-order valence-corrected chi connectivity index (χ4v) is 4.93. The molecular weight excluding hydrogens is 478 g/mol. The number of anilines is 2. The zero-order valence-corrected chi connectivity index (χ0v) is 20.9. The van der Waals surface area contributed by atoms with Crippen molar-refractivity contribution >= 4 is 34.7 Å². The molecule has 3 heterocycles. The Morgan fingerprint density at radius 1 is 1.08 bits per heavy atom. The second kappa shape index (κ2) is 9.82. The molecule has 1 aliphatic rings. The van der Waals surface area contributed by atoms with E-state index in [0.717, 1.165) is 22.7 Å². The number of carbonyl (C=O) groups excluding carboxylic acids is 2. The highest BCUT2D eigenvalue weighted by atomic mass is 32.1. The predicted octanol–water partition coefficient (Wildman–Crippen LogP) is 4.31. The van der Waals surface area contributed by atoms with Gasteiger partial charge in [-0.25, -0.2) is 4.98 Å². The minimum absolute atomic E-state index is 0.0999. The van der Waals surface area contributed by atoms with Crippen LogP contribution in [0.1, 0.15) is 12.1 Å². The number of nitrogens with one attached hydrogen (secondary N) is 1. The number of ether oxygens (including phenoxy) is 2. The van der Waals surface area contributed by atoms with Gasteiger partial charge in [0.1, 0.15) is 17.3 Å². The average Bonchev–Trinajstić information content (AvgIpc) is 3.62. The van der Waals surface area contributed by atoms with Gasteiger partial charge in [0, 0.05) is 41.7 Å². The summed E-state index contributed by atoms with van der Waals surface area (Å²) in [5.41, 5.74) is 3.21. The van der Waals surface area contributed by atoms with Crippen LogP contribution in [0.3, 0.4) is 0 Å². The van der Waals surface area contributed by atoms with Crippen molar-refractivity contribution in [1.29, 1.82) is 0 Å². The number of carbonyl (C=O) groups is 2. The molecule has 0 aliphatic carbocycles. The number of benzene rings is 2. The van der Waals surface area contributed by atoms with Crippen molar-refractivity contribution in [2.24, 2.45) is 5.92 Å². The number of amides is 2. The van der Waals surface area contributed by atoms with Crippen LogP contribution in [-0.4, -0.2) is 47.3 Å². The molecule has 2 amide bonds. The van der Waals surface area contributed by atoms with E-state index >= 15 is 0 Å². The van der Waals surface area contributed by atoms with Crippen molar-refractivity contribution < 1.29 is 19.1 Å². The first-order valence-electron chi connectivity index (χ1n) is 11.4. The van der Waals surface area contributed by atoms with Gasteiger partial charge in [0.15, 0.2) is 0 Å². The minimum atomic E-state index is -0.487. The van der Waals surface area contributed by atoms with Gasteiger partial charge in [-0.2, -0.15) is 9.78 Å². The molecule has 1 aliphatic heterocycles. The number of hydrogen-bond donors (Lipinski definition) is 1. The van der Waals surface area contributed by atoms with Gasteiger partial charge in [0.05, 0.1) is 31.5 Å². The Hall–Kier alpha value is -4.18. The second-order valence-corrected chi connectivity index (χ2v) is 9.26. The van der Waals surface area contributed by atoms with Crippen LogP contribution < -0.4 is 19.7 Å². The molecular formula is C26H25N5O4S. The Labute approximate surface area is 212 Å². The van der Waals surface area contributed by atoms with Crippen LogP contribution in [0, 0.1) is 12.8 Å². The van der Waals surface area contributed by atoms with Crippen molar-refractivity contribution in [3.63, 3.8) is 0 Å². The van der Waals surface area contributed by atoms with Crippen LogP contribution in [-0.2, 0) is 9.59 Å². The molecule has 9 nitrogen and oxygen atoms in total. The van der Waals surface area contributed by atoms with E-state index < -0.39 is 5.92 Å². The molecule has 1 N–H and O–H groups in total. The molecule has 1 atom stereocenters. The number of thiazole rings is 1.